The van der Waals surface area contributed by atoms with Crippen molar-refractivity contribution in [2.75, 3.05) is 11.9 Å². The van der Waals surface area contributed by atoms with Gasteiger partial charge in [-0.1, -0.05) is 68.4 Å². The molecule has 1 N–H and O–H groups in total. The van der Waals surface area contributed by atoms with E-state index in [0.717, 1.165) is 8.78 Å². The molecule has 0 spiro atoms. The zero-order valence-corrected chi connectivity index (χ0v) is 21.6. The number of rotatable bonds is 7. The average molecular weight is 597 g/mol. The van der Waals surface area contributed by atoms with Crippen LogP contribution in [0.15, 0.2) is 70.0 Å². The molecule has 32 heavy (non-hydrogen) atoms. The molecule has 0 atom stereocenters. The van der Waals surface area contributed by atoms with Gasteiger partial charge in [-0.2, -0.15) is 4.31 Å². The summed E-state index contributed by atoms with van der Waals surface area (Å²) in [5.41, 5.74) is 0.961. The van der Waals surface area contributed by atoms with Crippen molar-refractivity contribution in [2.45, 2.75) is 11.4 Å². The monoisotopic (exact) mass is 594 g/mol. The summed E-state index contributed by atoms with van der Waals surface area (Å²) >= 11 is 27.2. The van der Waals surface area contributed by atoms with Gasteiger partial charge in [0.15, 0.2) is 0 Å². The third-order valence-electron chi connectivity index (χ3n) is 4.32. The van der Waals surface area contributed by atoms with E-state index in [1.54, 1.807) is 36.4 Å². The van der Waals surface area contributed by atoms with Crippen LogP contribution in [0.2, 0.25) is 20.1 Å². The van der Waals surface area contributed by atoms with Crippen molar-refractivity contribution in [3.8, 4) is 0 Å². The van der Waals surface area contributed by atoms with Gasteiger partial charge in [0.25, 0.3) is 0 Å². The van der Waals surface area contributed by atoms with Crippen LogP contribution in [-0.2, 0) is 21.4 Å². The van der Waals surface area contributed by atoms with E-state index in [9.17, 15) is 13.2 Å². The Labute approximate surface area is 214 Å². The van der Waals surface area contributed by atoms with Crippen LogP contribution in [0.1, 0.15) is 5.56 Å². The minimum Gasteiger partial charge on any atom is -0.325 e. The molecule has 5 nitrogen and oxygen atoms in total. The Morgan fingerprint density at radius 2 is 1.44 bits per heavy atom. The van der Waals surface area contributed by atoms with Gasteiger partial charge in [0, 0.05) is 16.7 Å². The summed E-state index contributed by atoms with van der Waals surface area (Å²) in [5.74, 6) is -0.552. The number of carbonyl (C=O) groups excluding carboxylic acids is 1. The molecule has 3 aromatic carbocycles. The van der Waals surface area contributed by atoms with Crippen LogP contribution < -0.4 is 5.32 Å². The lowest BCUT2D eigenvalue weighted by molar-refractivity contribution is -0.116. The fourth-order valence-corrected chi connectivity index (χ4v) is 5.03. The predicted octanol–water partition coefficient (Wildman–Crippen LogP) is 6.89. The first-order chi connectivity index (χ1) is 15.1. The highest BCUT2D eigenvalue weighted by molar-refractivity contribution is 9.10. The normalized spacial score (nSPS) is 11.6. The molecule has 0 aromatic heterocycles. The van der Waals surface area contributed by atoms with Gasteiger partial charge in [-0.3, -0.25) is 4.79 Å². The maximum atomic E-state index is 13.3. The van der Waals surface area contributed by atoms with Crippen LogP contribution >= 0.6 is 62.3 Å². The molecule has 0 fully saturated rings. The zero-order valence-electron chi connectivity index (χ0n) is 16.2. The van der Waals surface area contributed by atoms with Gasteiger partial charge in [0.05, 0.1) is 31.5 Å². The van der Waals surface area contributed by atoms with E-state index in [-0.39, 0.29) is 21.5 Å². The minimum absolute atomic E-state index is 0.0445. The number of sulfonamides is 1. The number of hydrogen-bond acceptors (Lipinski definition) is 3. The summed E-state index contributed by atoms with van der Waals surface area (Å²) in [6.45, 7) is -0.539. The van der Waals surface area contributed by atoms with Crippen LogP contribution in [0, 0.1) is 0 Å². The molecular formula is C21H15BrCl4N2O3S. The third-order valence-corrected chi connectivity index (χ3v) is 8.13. The maximum Gasteiger partial charge on any atom is 0.243 e. The van der Waals surface area contributed by atoms with Crippen molar-refractivity contribution >= 4 is 84.0 Å². The number of carbonyl (C=O) groups is 1. The zero-order chi connectivity index (χ0) is 23.5. The second-order valence-corrected chi connectivity index (χ2v) is 11.1. The molecule has 0 saturated heterocycles. The minimum atomic E-state index is -4.01. The van der Waals surface area contributed by atoms with E-state index in [1.165, 1.54) is 24.3 Å². The molecule has 1 amide bonds. The summed E-state index contributed by atoms with van der Waals surface area (Å²) in [4.78, 5) is 12.8. The number of amides is 1. The topological polar surface area (TPSA) is 66.5 Å². The number of nitrogens with zero attached hydrogens (tertiary/aromatic N) is 1. The van der Waals surface area contributed by atoms with E-state index < -0.39 is 22.5 Å². The highest BCUT2D eigenvalue weighted by atomic mass is 79.9. The van der Waals surface area contributed by atoms with Crippen molar-refractivity contribution < 1.29 is 13.2 Å². The Hall–Kier alpha value is -1.32. The average Bonchev–Trinajstić information content (AvgIpc) is 2.73. The molecule has 0 radical (unpaired) electrons. The summed E-state index contributed by atoms with van der Waals surface area (Å²) in [7, 11) is -4.01. The maximum absolute atomic E-state index is 13.3. The summed E-state index contributed by atoms with van der Waals surface area (Å²) in [5, 5.41) is 3.86. The second kappa shape index (κ2) is 10.7. The Bertz CT molecular complexity index is 1250. The van der Waals surface area contributed by atoms with Crippen molar-refractivity contribution in [1.29, 1.82) is 0 Å². The second-order valence-electron chi connectivity index (χ2n) is 6.65. The number of anilines is 1. The molecular weight excluding hydrogens is 582 g/mol. The molecule has 0 aliphatic carbocycles. The van der Waals surface area contributed by atoms with E-state index in [4.69, 9.17) is 46.4 Å². The molecule has 0 unspecified atom stereocenters. The lowest BCUT2D eigenvalue weighted by atomic mass is 10.2. The van der Waals surface area contributed by atoms with Crippen molar-refractivity contribution in [1.82, 2.24) is 4.31 Å². The van der Waals surface area contributed by atoms with Crippen molar-refractivity contribution in [2.24, 2.45) is 0 Å². The molecule has 3 aromatic rings. The smallest absolute Gasteiger partial charge is 0.243 e. The van der Waals surface area contributed by atoms with Gasteiger partial charge in [-0.15, -0.1) is 0 Å². The number of nitrogens with one attached hydrogen (secondary N) is 1. The Kier molecular flexibility index (Phi) is 8.49. The van der Waals surface area contributed by atoms with E-state index in [2.05, 4.69) is 21.2 Å². The first-order valence-electron chi connectivity index (χ1n) is 9.01. The molecule has 168 valence electrons. The van der Waals surface area contributed by atoms with Crippen LogP contribution in [0.25, 0.3) is 0 Å². The molecule has 0 saturated carbocycles. The number of halogens is 5. The molecule has 11 heteroatoms. The summed E-state index contributed by atoms with van der Waals surface area (Å²) in [6, 6.07) is 15.5. The molecule has 0 aliphatic rings. The Morgan fingerprint density at radius 1 is 0.844 bits per heavy atom. The molecule has 0 bridgehead atoms. The summed E-state index contributed by atoms with van der Waals surface area (Å²) < 4.78 is 28.4. The van der Waals surface area contributed by atoms with E-state index in [0.29, 0.717) is 21.3 Å². The largest absolute Gasteiger partial charge is 0.325 e. The summed E-state index contributed by atoms with van der Waals surface area (Å²) in [6.07, 6.45) is 0. The van der Waals surface area contributed by atoms with Gasteiger partial charge < -0.3 is 5.32 Å². The van der Waals surface area contributed by atoms with Crippen LogP contribution in [-0.4, -0.2) is 25.2 Å². The van der Waals surface area contributed by atoms with E-state index >= 15 is 0 Å². The highest BCUT2D eigenvalue weighted by Gasteiger charge is 2.27. The number of hydrogen-bond donors (Lipinski definition) is 1. The third kappa shape index (κ3) is 6.38. The highest BCUT2D eigenvalue weighted by Crippen LogP contribution is 2.27. The van der Waals surface area contributed by atoms with Crippen LogP contribution in [0.4, 0.5) is 5.69 Å². The fraction of sp³-hybridized carbons (Fsp3) is 0.0952. The van der Waals surface area contributed by atoms with Crippen molar-refractivity contribution in [3.63, 3.8) is 0 Å². The van der Waals surface area contributed by atoms with E-state index in [1.807, 2.05) is 0 Å². The van der Waals surface area contributed by atoms with Crippen molar-refractivity contribution in [3.05, 3.63) is 90.8 Å². The lowest BCUT2D eigenvalue weighted by Gasteiger charge is -2.22. The SMILES string of the molecule is O=C(CN(Cc1ccc(Cl)c(Cl)c1)S(=O)(=O)c1ccc(Br)cc1)Nc1ccc(Cl)c(Cl)c1. The molecule has 0 aliphatic heterocycles. The quantitative estimate of drug-likeness (QED) is 0.323. The predicted molar refractivity (Wildman–Crippen MR) is 133 cm³/mol. The van der Waals surface area contributed by atoms with Gasteiger partial charge in [-0.05, 0) is 60.2 Å². The van der Waals surface area contributed by atoms with Gasteiger partial charge in [-0.25, -0.2) is 8.42 Å². The number of benzene rings is 3. The van der Waals surface area contributed by atoms with Gasteiger partial charge >= 0.3 is 0 Å². The Balaban J connectivity index is 1.89. The lowest BCUT2D eigenvalue weighted by Crippen LogP contribution is -2.37. The fourth-order valence-electron chi connectivity index (χ4n) is 2.76. The van der Waals surface area contributed by atoms with Gasteiger partial charge in [0.1, 0.15) is 0 Å². The Morgan fingerprint density at radius 3 is 2.03 bits per heavy atom. The van der Waals surface area contributed by atoms with Gasteiger partial charge in [0.2, 0.25) is 15.9 Å². The first-order valence-corrected chi connectivity index (χ1v) is 12.8. The molecule has 0 heterocycles. The first kappa shape index (κ1) is 25.3. The van der Waals surface area contributed by atoms with Crippen LogP contribution in [0.3, 0.4) is 0 Å². The van der Waals surface area contributed by atoms with Crippen LogP contribution in [0.5, 0.6) is 0 Å². The standard InChI is InChI=1S/C21H15BrCl4N2O3S/c22-14-2-5-16(6-3-14)32(30,31)28(11-13-1-7-17(23)19(25)9-13)12-21(29)27-15-4-8-18(24)20(26)10-15/h1-10H,11-12H2,(H,27,29). The molecule has 3 rings (SSSR count).